The van der Waals surface area contributed by atoms with Crippen LogP contribution in [0.4, 0.5) is 4.79 Å². The molecule has 0 radical (unpaired) electrons. The number of primary amides is 1. The van der Waals surface area contributed by atoms with Crippen LogP contribution in [0.1, 0.15) is 46.0 Å². The Morgan fingerprint density at radius 3 is 2.50 bits per heavy atom. The number of rotatable bonds is 5. The molecule has 4 N–H and O–H groups in total. The van der Waals surface area contributed by atoms with E-state index in [0.29, 0.717) is 12.1 Å². The summed E-state index contributed by atoms with van der Waals surface area (Å²) in [6, 6.07) is 0.657. The molecule has 128 valence electrons. The van der Waals surface area contributed by atoms with Crippen LogP contribution in [0, 0.1) is 5.92 Å². The summed E-state index contributed by atoms with van der Waals surface area (Å²) in [4.78, 5) is 17.4. The molecule has 2 rings (SSSR count). The first-order valence-electron chi connectivity index (χ1n) is 8.25. The summed E-state index contributed by atoms with van der Waals surface area (Å²) in [6.07, 6.45) is 5.67. The third-order valence-electron chi connectivity index (χ3n) is 4.37. The average molecular weight is 423 g/mol. The van der Waals surface area contributed by atoms with Gasteiger partial charge in [-0.3, -0.25) is 4.99 Å². The first kappa shape index (κ1) is 19.3. The smallest absolute Gasteiger partial charge is 0.314 e. The van der Waals surface area contributed by atoms with E-state index in [4.69, 9.17) is 5.73 Å². The molecule has 7 heteroatoms. The Balaban J connectivity index is 0.00000242. The van der Waals surface area contributed by atoms with Crippen LogP contribution in [0.2, 0.25) is 0 Å². The normalized spacial score (nSPS) is 25.4. The first-order valence-corrected chi connectivity index (χ1v) is 8.25. The molecule has 1 aliphatic carbocycles. The van der Waals surface area contributed by atoms with Crippen molar-refractivity contribution in [1.29, 1.82) is 0 Å². The lowest BCUT2D eigenvalue weighted by atomic mass is 10.1. The van der Waals surface area contributed by atoms with Crippen LogP contribution in [0.5, 0.6) is 0 Å². The summed E-state index contributed by atoms with van der Waals surface area (Å²) < 4.78 is 0. The van der Waals surface area contributed by atoms with Crippen molar-refractivity contribution in [2.45, 2.75) is 58.0 Å². The summed E-state index contributed by atoms with van der Waals surface area (Å²) in [5.41, 5.74) is 5.31. The van der Waals surface area contributed by atoms with Crippen molar-refractivity contribution in [2.24, 2.45) is 16.6 Å². The second-order valence-electron chi connectivity index (χ2n) is 6.10. The summed E-state index contributed by atoms with van der Waals surface area (Å²) in [6.45, 7) is 6.53. The zero-order chi connectivity index (χ0) is 15.2. The number of urea groups is 1. The van der Waals surface area contributed by atoms with Crippen molar-refractivity contribution in [3.63, 3.8) is 0 Å². The molecule has 1 saturated heterocycles. The Morgan fingerprint density at radius 2 is 1.95 bits per heavy atom. The lowest BCUT2D eigenvalue weighted by molar-refractivity contribution is 0.188. The third kappa shape index (κ3) is 5.81. The molecule has 1 heterocycles. The third-order valence-corrected chi connectivity index (χ3v) is 4.37. The predicted molar refractivity (Wildman–Crippen MR) is 101 cm³/mol. The molecule has 2 atom stereocenters. The average Bonchev–Trinajstić information content (AvgIpc) is 3.18. The van der Waals surface area contributed by atoms with E-state index in [-0.39, 0.29) is 30.0 Å². The van der Waals surface area contributed by atoms with Crippen LogP contribution in [0.25, 0.3) is 0 Å². The van der Waals surface area contributed by atoms with Crippen molar-refractivity contribution < 1.29 is 4.79 Å². The van der Waals surface area contributed by atoms with Crippen LogP contribution < -0.4 is 16.4 Å². The number of piperidine rings is 1. The number of nitrogens with zero attached hydrogens (tertiary/aromatic N) is 2. The van der Waals surface area contributed by atoms with Crippen molar-refractivity contribution >= 4 is 36.0 Å². The number of nitrogens with one attached hydrogen (secondary N) is 2. The first-order chi connectivity index (χ1) is 10.1. The molecule has 1 saturated carbocycles. The van der Waals surface area contributed by atoms with Crippen LogP contribution in [-0.2, 0) is 0 Å². The minimum absolute atomic E-state index is 0. The quantitative estimate of drug-likeness (QED) is 0.359. The van der Waals surface area contributed by atoms with Crippen molar-refractivity contribution in [1.82, 2.24) is 15.5 Å². The van der Waals surface area contributed by atoms with Gasteiger partial charge in [0, 0.05) is 31.7 Å². The Hall–Kier alpha value is -0.730. The van der Waals surface area contributed by atoms with Gasteiger partial charge in [0.05, 0.1) is 0 Å². The Kier molecular flexibility index (Phi) is 8.27. The minimum Gasteiger partial charge on any atom is -0.354 e. The predicted octanol–water partition coefficient (Wildman–Crippen LogP) is 1.89. The van der Waals surface area contributed by atoms with E-state index < -0.39 is 0 Å². The molecule has 2 unspecified atom stereocenters. The molecule has 0 aromatic carbocycles. The number of aliphatic imine (C=N–C) groups is 1. The van der Waals surface area contributed by atoms with Gasteiger partial charge in [-0.1, -0.05) is 13.3 Å². The fourth-order valence-electron chi connectivity index (χ4n) is 3.02. The summed E-state index contributed by atoms with van der Waals surface area (Å²) in [5, 5.41) is 7.05. The zero-order valence-corrected chi connectivity index (χ0v) is 16.0. The number of guanidine groups is 1. The lowest BCUT2D eigenvalue weighted by Gasteiger charge is -2.32. The molecule has 22 heavy (non-hydrogen) atoms. The summed E-state index contributed by atoms with van der Waals surface area (Å²) in [7, 11) is 0. The summed E-state index contributed by atoms with van der Waals surface area (Å²) >= 11 is 0. The second-order valence-corrected chi connectivity index (χ2v) is 6.10. The second kappa shape index (κ2) is 9.42. The molecule has 0 aromatic rings. The fraction of sp³-hybridized carbons (Fsp3) is 0.867. The van der Waals surface area contributed by atoms with Gasteiger partial charge in [-0.05, 0) is 38.5 Å². The number of likely N-dealkylation sites (tertiary alicyclic amines) is 1. The highest BCUT2D eigenvalue weighted by Gasteiger charge is 2.37. The van der Waals surface area contributed by atoms with E-state index in [1.54, 1.807) is 4.90 Å². The van der Waals surface area contributed by atoms with E-state index in [9.17, 15) is 4.79 Å². The molecule has 0 spiro atoms. The number of nitrogens with two attached hydrogens (primary N) is 1. The molecule has 0 bridgehead atoms. The number of carbonyl (C=O) groups excluding carboxylic acids is 1. The molecule has 2 aliphatic rings. The van der Waals surface area contributed by atoms with Crippen molar-refractivity contribution in [3.8, 4) is 0 Å². The molecule has 6 nitrogen and oxygen atoms in total. The van der Waals surface area contributed by atoms with Gasteiger partial charge in [0.15, 0.2) is 5.96 Å². The van der Waals surface area contributed by atoms with E-state index in [0.717, 1.165) is 44.4 Å². The van der Waals surface area contributed by atoms with E-state index in [1.165, 1.54) is 19.3 Å². The topological polar surface area (TPSA) is 82.8 Å². The van der Waals surface area contributed by atoms with Gasteiger partial charge < -0.3 is 21.3 Å². The number of halogens is 1. The van der Waals surface area contributed by atoms with Crippen molar-refractivity contribution in [2.75, 3.05) is 19.6 Å². The lowest BCUT2D eigenvalue weighted by Crippen LogP contribution is -2.51. The highest BCUT2D eigenvalue weighted by Crippen LogP contribution is 2.34. The van der Waals surface area contributed by atoms with E-state index in [2.05, 4.69) is 29.5 Å². The standard InChI is InChI=1S/C15H29N5O.HI/c1-3-5-11-10-13(11)19-15(17-4-2)18-12-6-8-20(9-7-12)14(16)21;/h11-13H,3-10H2,1-2H3,(H2,16,21)(H2,17,18,19);1H. The van der Waals surface area contributed by atoms with Crippen LogP contribution in [0.3, 0.4) is 0 Å². The highest BCUT2D eigenvalue weighted by molar-refractivity contribution is 14.0. The van der Waals surface area contributed by atoms with Crippen LogP contribution in [0.15, 0.2) is 4.99 Å². The summed E-state index contributed by atoms with van der Waals surface area (Å²) in [5.74, 6) is 1.74. The molecule has 2 amide bonds. The van der Waals surface area contributed by atoms with Crippen LogP contribution >= 0.6 is 24.0 Å². The van der Waals surface area contributed by atoms with E-state index >= 15 is 0 Å². The van der Waals surface area contributed by atoms with Gasteiger partial charge in [-0.15, -0.1) is 24.0 Å². The fourth-order valence-corrected chi connectivity index (χ4v) is 3.02. The van der Waals surface area contributed by atoms with Gasteiger partial charge in [-0.25, -0.2) is 4.79 Å². The Morgan fingerprint density at radius 1 is 1.27 bits per heavy atom. The molecule has 1 aliphatic heterocycles. The largest absolute Gasteiger partial charge is 0.354 e. The monoisotopic (exact) mass is 423 g/mol. The zero-order valence-electron chi connectivity index (χ0n) is 13.7. The SMILES string of the molecule is CCCC1CC1NC(=NCC)NC1CCN(C(N)=O)CC1.I. The van der Waals surface area contributed by atoms with Crippen LogP contribution in [-0.4, -0.2) is 48.6 Å². The number of hydrogen-bond donors (Lipinski definition) is 3. The van der Waals surface area contributed by atoms with Gasteiger partial charge in [0.1, 0.15) is 0 Å². The number of hydrogen-bond acceptors (Lipinski definition) is 2. The van der Waals surface area contributed by atoms with Gasteiger partial charge in [-0.2, -0.15) is 0 Å². The minimum atomic E-state index is -0.311. The molecular weight excluding hydrogens is 393 g/mol. The van der Waals surface area contributed by atoms with Crippen molar-refractivity contribution in [3.05, 3.63) is 0 Å². The maximum absolute atomic E-state index is 11.1. The van der Waals surface area contributed by atoms with Gasteiger partial charge in [0.2, 0.25) is 0 Å². The maximum atomic E-state index is 11.1. The Bertz CT molecular complexity index is 382. The molecule has 2 fully saturated rings. The maximum Gasteiger partial charge on any atom is 0.314 e. The number of amides is 2. The number of carbonyl (C=O) groups is 1. The van der Waals surface area contributed by atoms with Gasteiger partial charge in [0.25, 0.3) is 0 Å². The molecule has 0 aromatic heterocycles. The Labute approximate surface area is 150 Å². The molecular formula is C15H30IN5O. The highest BCUT2D eigenvalue weighted by atomic mass is 127. The van der Waals surface area contributed by atoms with E-state index in [1.807, 2.05) is 0 Å². The van der Waals surface area contributed by atoms with Gasteiger partial charge >= 0.3 is 6.03 Å².